The molecule has 0 saturated heterocycles. The Hall–Kier alpha value is -1.47. The van der Waals surface area contributed by atoms with Crippen LogP contribution in [-0.4, -0.2) is 10.8 Å². The van der Waals surface area contributed by atoms with Gasteiger partial charge in [0, 0.05) is 17.7 Å². The number of nitriles is 1. The highest BCUT2D eigenvalue weighted by atomic mass is 32.1. The maximum atomic E-state index is 11.7. The van der Waals surface area contributed by atoms with Crippen molar-refractivity contribution in [1.82, 2.24) is 4.98 Å². The smallest absolute Gasteiger partial charge is 0.164 e. The van der Waals surface area contributed by atoms with Gasteiger partial charge in [-0.15, -0.1) is 0 Å². The maximum Gasteiger partial charge on any atom is 0.164 e. The number of aryl methyl sites for hydroxylation is 1. The molecule has 0 saturated carbocycles. The van der Waals surface area contributed by atoms with E-state index in [9.17, 15) is 4.79 Å². The fraction of sp³-hybridized carbons (Fsp3) is 0.364. The Bertz CT molecular complexity index is 510. The van der Waals surface area contributed by atoms with E-state index in [1.807, 2.05) is 6.07 Å². The highest BCUT2D eigenvalue weighted by Crippen LogP contribution is 2.20. The summed E-state index contributed by atoms with van der Waals surface area (Å²) in [6.07, 6.45) is 3.32. The molecule has 0 atom stereocenters. The van der Waals surface area contributed by atoms with Crippen molar-refractivity contribution < 1.29 is 4.79 Å². The summed E-state index contributed by atoms with van der Waals surface area (Å²) in [6.45, 7) is 0. The molecular formula is C11H10N2OS. The molecule has 0 amide bonds. The van der Waals surface area contributed by atoms with Crippen LogP contribution >= 0.6 is 12.2 Å². The number of nitrogens with zero attached hydrogens (tertiary/aromatic N) is 1. The number of rotatable bonds is 0. The molecule has 0 aromatic carbocycles. The molecule has 76 valence electrons. The molecule has 4 heteroatoms. The van der Waals surface area contributed by atoms with Crippen LogP contribution in [0.1, 0.15) is 40.9 Å². The molecule has 0 bridgehead atoms. The van der Waals surface area contributed by atoms with E-state index in [1.165, 1.54) is 0 Å². The van der Waals surface area contributed by atoms with Crippen molar-refractivity contribution in [1.29, 1.82) is 5.26 Å². The minimum Gasteiger partial charge on any atom is -0.348 e. The van der Waals surface area contributed by atoms with Crippen LogP contribution in [0.3, 0.4) is 0 Å². The van der Waals surface area contributed by atoms with Crippen molar-refractivity contribution in [2.45, 2.75) is 25.7 Å². The number of carbonyl (C=O) groups is 1. The SMILES string of the molecule is N#Cc1cc2c([nH]c1=S)CCCCC2=O. The van der Waals surface area contributed by atoms with Crippen LogP contribution in [-0.2, 0) is 6.42 Å². The zero-order chi connectivity index (χ0) is 10.8. The quantitative estimate of drug-likeness (QED) is 0.537. The molecule has 0 radical (unpaired) electrons. The molecule has 2 rings (SSSR count). The molecule has 15 heavy (non-hydrogen) atoms. The summed E-state index contributed by atoms with van der Waals surface area (Å²) in [5, 5.41) is 8.83. The van der Waals surface area contributed by atoms with Crippen LogP contribution in [0.2, 0.25) is 0 Å². The van der Waals surface area contributed by atoms with Crippen molar-refractivity contribution >= 4 is 18.0 Å². The molecule has 1 aromatic rings. The Morgan fingerprint density at radius 1 is 1.40 bits per heavy atom. The predicted octanol–water partition coefficient (Wildman–Crippen LogP) is 2.52. The lowest BCUT2D eigenvalue weighted by Crippen LogP contribution is -2.04. The van der Waals surface area contributed by atoms with Crippen LogP contribution in [0.15, 0.2) is 6.07 Å². The van der Waals surface area contributed by atoms with Crippen molar-refractivity contribution in [3.05, 3.63) is 27.5 Å². The van der Waals surface area contributed by atoms with Gasteiger partial charge in [0.25, 0.3) is 0 Å². The molecule has 0 fully saturated rings. The molecule has 1 N–H and O–H groups in total. The first-order chi connectivity index (χ1) is 7.22. The topological polar surface area (TPSA) is 56.6 Å². The number of nitrogens with one attached hydrogen (secondary N) is 1. The van der Waals surface area contributed by atoms with Crippen molar-refractivity contribution in [2.75, 3.05) is 0 Å². The highest BCUT2D eigenvalue weighted by molar-refractivity contribution is 7.71. The summed E-state index contributed by atoms with van der Waals surface area (Å²) in [7, 11) is 0. The lowest BCUT2D eigenvalue weighted by atomic mass is 10.1. The number of aromatic amines is 1. The average Bonchev–Trinajstić information content (AvgIpc) is 2.40. The second-order valence-electron chi connectivity index (χ2n) is 3.65. The lowest BCUT2D eigenvalue weighted by molar-refractivity contribution is 0.0981. The molecule has 1 aliphatic rings. The third kappa shape index (κ3) is 1.83. The van der Waals surface area contributed by atoms with E-state index in [0.717, 1.165) is 25.0 Å². The van der Waals surface area contributed by atoms with E-state index >= 15 is 0 Å². The third-order valence-corrected chi connectivity index (χ3v) is 2.95. The Kier molecular flexibility index (Phi) is 2.65. The van der Waals surface area contributed by atoms with Crippen LogP contribution in [0.25, 0.3) is 0 Å². The second kappa shape index (κ2) is 3.95. The van der Waals surface area contributed by atoms with Gasteiger partial charge >= 0.3 is 0 Å². The van der Waals surface area contributed by atoms with Crippen LogP contribution in [0.5, 0.6) is 0 Å². The molecular weight excluding hydrogens is 208 g/mol. The fourth-order valence-electron chi connectivity index (χ4n) is 1.82. The zero-order valence-corrected chi connectivity index (χ0v) is 8.99. The number of ketones is 1. The van der Waals surface area contributed by atoms with Gasteiger partial charge in [0.1, 0.15) is 10.7 Å². The number of Topliss-reactive ketones (excluding diaryl/α,β-unsaturated/α-hetero) is 1. The van der Waals surface area contributed by atoms with Gasteiger partial charge in [-0.1, -0.05) is 12.2 Å². The summed E-state index contributed by atoms with van der Waals surface area (Å²) in [4.78, 5) is 14.7. The number of carbonyl (C=O) groups excluding carboxylic acids is 1. The molecule has 3 nitrogen and oxygen atoms in total. The number of fused-ring (bicyclic) bond motifs is 1. The van der Waals surface area contributed by atoms with Crippen LogP contribution < -0.4 is 0 Å². The van der Waals surface area contributed by atoms with Crippen molar-refractivity contribution in [3.63, 3.8) is 0 Å². The number of H-pyrrole nitrogens is 1. The predicted molar refractivity (Wildman–Crippen MR) is 58.2 cm³/mol. The summed E-state index contributed by atoms with van der Waals surface area (Å²) >= 11 is 5.03. The standard InChI is InChI=1S/C11H10N2OS/c12-6-7-5-8-9(13-11(7)15)3-1-2-4-10(8)14/h5H,1-4H2,(H,13,15). The molecule has 0 aliphatic heterocycles. The normalized spacial score (nSPS) is 15.3. The number of hydrogen-bond donors (Lipinski definition) is 1. The second-order valence-corrected chi connectivity index (χ2v) is 4.05. The molecule has 1 heterocycles. The maximum absolute atomic E-state index is 11.7. The van der Waals surface area contributed by atoms with E-state index in [2.05, 4.69) is 4.98 Å². The summed E-state index contributed by atoms with van der Waals surface area (Å²) in [5.74, 6) is 0.116. The fourth-order valence-corrected chi connectivity index (χ4v) is 2.05. The first kappa shape index (κ1) is 10.1. The summed E-state index contributed by atoms with van der Waals surface area (Å²) in [6, 6.07) is 3.63. The number of hydrogen-bond acceptors (Lipinski definition) is 3. The summed E-state index contributed by atoms with van der Waals surface area (Å²) < 4.78 is 0.436. The van der Waals surface area contributed by atoms with E-state index in [4.69, 9.17) is 17.5 Å². The van der Waals surface area contributed by atoms with Crippen molar-refractivity contribution in [2.24, 2.45) is 0 Å². The lowest BCUT2D eigenvalue weighted by Gasteiger charge is -2.04. The molecule has 0 unspecified atom stereocenters. The monoisotopic (exact) mass is 218 g/mol. The van der Waals surface area contributed by atoms with E-state index < -0.39 is 0 Å². The van der Waals surface area contributed by atoms with Gasteiger partial charge < -0.3 is 4.98 Å². The third-order valence-electron chi connectivity index (χ3n) is 2.62. The Morgan fingerprint density at radius 3 is 2.87 bits per heavy atom. The Labute approximate surface area is 92.7 Å². The molecule has 0 spiro atoms. The molecule has 1 aliphatic carbocycles. The minimum absolute atomic E-state index is 0.116. The Morgan fingerprint density at radius 2 is 2.13 bits per heavy atom. The first-order valence-electron chi connectivity index (χ1n) is 4.92. The van der Waals surface area contributed by atoms with Gasteiger partial charge in [-0.05, 0) is 25.3 Å². The Balaban J connectivity index is 2.63. The largest absolute Gasteiger partial charge is 0.348 e. The zero-order valence-electron chi connectivity index (χ0n) is 8.17. The number of aromatic nitrogens is 1. The van der Waals surface area contributed by atoms with Gasteiger partial charge in [0.05, 0.1) is 5.56 Å². The molecule has 1 aromatic heterocycles. The average molecular weight is 218 g/mol. The van der Waals surface area contributed by atoms with Gasteiger partial charge in [-0.3, -0.25) is 4.79 Å². The van der Waals surface area contributed by atoms with Gasteiger partial charge in [-0.2, -0.15) is 5.26 Å². The minimum atomic E-state index is 0.116. The number of pyridine rings is 1. The van der Waals surface area contributed by atoms with Gasteiger partial charge in [0.15, 0.2) is 5.78 Å². The summed E-state index contributed by atoms with van der Waals surface area (Å²) in [5.41, 5.74) is 1.93. The first-order valence-corrected chi connectivity index (χ1v) is 5.32. The van der Waals surface area contributed by atoms with Gasteiger partial charge in [0.2, 0.25) is 0 Å². The van der Waals surface area contributed by atoms with E-state index in [-0.39, 0.29) is 5.78 Å². The van der Waals surface area contributed by atoms with E-state index in [0.29, 0.717) is 22.2 Å². The van der Waals surface area contributed by atoms with Crippen LogP contribution in [0, 0.1) is 16.0 Å². The highest BCUT2D eigenvalue weighted by Gasteiger charge is 2.16. The van der Waals surface area contributed by atoms with Crippen LogP contribution in [0.4, 0.5) is 0 Å². The van der Waals surface area contributed by atoms with Crippen molar-refractivity contribution in [3.8, 4) is 6.07 Å². The van der Waals surface area contributed by atoms with E-state index in [1.54, 1.807) is 6.07 Å². The van der Waals surface area contributed by atoms with Gasteiger partial charge in [-0.25, -0.2) is 0 Å².